The third-order valence-corrected chi connectivity index (χ3v) is 3.74. The van der Waals surface area contributed by atoms with E-state index in [1.165, 1.54) is 18.2 Å². The molecular weight excluding hydrogens is 339 g/mol. The van der Waals surface area contributed by atoms with Crippen LogP contribution in [0.1, 0.15) is 6.42 Å². The van der Waals surface area contributed by atoms with E-state index in [0.717, 1.165) is 6.42 Å². The molecular formula is C16H22F3N3O3. The Bertz CT molecular complexity index is 569. The SMILES string of the molecule is COCCNCC(=O)NC1CCN(c2cccc(OC(F)(F)F)c2)C1. The molecule has 25 heavy (non-hydrogen) atoms. The summed E-state index contributed by atoms with van der Waals surface area (Å²) in [5, 5.41) is 5.87. The fourth-order valence-electron chi connectivity index (χ4n) is 2.64. The number of alkyl halides is 3. The lowest BCUT2D eigenvalue weighted by Gasteiger charge is -2.20. The second-order valence-corrected chi connectivity index (χ2v) is 5.71. The summed E-state index contributed by atoms with van der Waals surface area (Å²) in [6, 6.07) is 5.81. The molecule has 9 heteroatoms. The van der Waals surface area contributed by atoms with E-state index in [1.807, 2.05) is 4.90 Å². The van der Waals surface area contributed by atoms with Crippen LogP contribution in [0.25, 0.3) is 0 Å². The molecule has 1 saturated heterocycles. The van der Waals surface area contributed by atoms with Crippen molar-refractivity contribution in [3.05, 3.63) is 24.3 Å². The Hall–Kier alpha value is -2.00. The van der Waals surface area contributed by atoms with Gasteiger partial charge in [0.1, 0.15) is 5.75 Å². The molecule has 0 aliphatic carbocycles. The third kappa shape index (κ3) is 6.79. The lowest BCUT2D eigenvalue weighted by molar-refractivity contribution is -0.274. The van der Waals surface area contributed by atoms with Crippen LogP contribution in [0.4, 0.5) is 18.9 Å². The number of nitrogens with zero attached hydrogens (tertiary/aromatic N) is 1. The molecule has 0 aromatic heterocycles. The summed E-state index contributed by atoms with van der Waals surface area (Å²) in [4.78, 5) is 13.8. The summed E-state index contributed by atoms with van der Waals surface area (Å²) in [5.74, 6) is -0.364. The number of benzene rings is 1. The predicted octanol–water partition coefficient (Wildman–Crippen LogP) is 1.52. The Morgan fingerprint density at radius 3 is 2.92 bits per heavy atom. The second-order valence-electron chi connectivity index (χ2n) is 5.71. The number of anilines is 1. The Balaban J connectivity index is 1.82. The van der Waals surface area contributed by atoms with Crippen molar-refractivity contribution in [1.82, 2.24) is 10.6 Å². The van der Waals surface area contributed by atoms with Crippen molar-refractivity contribution in [3.8, 4) is 5.75 Å². The summed E-state index contributed by atoms with van der Waals surface area (Å²) < 4.78 is 45.7. The molecule has 1 heterocycles. The van der Waals surface area contributed by atoms with Crippen molar-refractivity contribution >= 4 is 11.6 Å². The molecule has 0 radical (unpaired) electrons. The molecule has 1 amide bonds. The molecule has 6 nitrogen and oxygen atoms in total. The van der Waals surface area contributed by atoms with Crippen LogP contribution >= 0.6 is 0 Å². The van der Waals surface area contributed by atoms with E-state index in [0.29, 0.717) is 31.9 Å². The third-order valence-electron chi connectivity index (χ3n) is 3.74. The van der Waals surface area contributed by atoms with Crippen molar-refractivity contribution in [1.29, 1.82) is 0 Å². The topological polar surface area (TPSA) is 62.8 Å². The first kappa shape index (κ1) is 19.3. The van der Waals surface area contributed by atoms with Crippen LogP contribution in [0, 0.1) is 0 Å². The monoisotopic (exact) mass is 361 g/mol. The summed E-state index contributed by atoms with van der Waals surface area (Å²) in [5.41, 5.74) is 0.636. The fourth-order valence-corrected chi connectivity index (χ4v) is 2.64. The number of carbonyl (C=O) groups is 1. The highest BCUT2D eigenvalue weighted by atomic mass is 19.4. The molecule has 1 fully saturated rings. The average Bonchev–Trinajstić information content (AvgIpc) is 2.99. The summed E-state index contributed by atoms with van der Waals surface area (Å²) in [6.45, 7) is 2.51. The number of carbonyl (C=O) groups excluding carboxylic acids is 1. The molecule has 1 atom stereocenters. The van der Waals surface area contributed by atoms with Gasteiger partial charge in [-0.05, 0) is 18.6 Å². The molecule has 1 aromatic rings. The van der Waals surface area contributed by atoms with Gasteiger partial charge in [-0.15, -0.1) is 13.2 Å². The van der Waals surface area contributed by atoms with Gasteiger partial charge in [0.15, 0.2) is 0 Å². The van der Waals surface area contributed by atoms with E-state index in [4.69, 9.17) is 4.74 Å². The highest BCUT2D eigenvalue weighted by Crippen LogP contribution is 2.28. The van der Waals surface area contributed by atoms with Gasteiger partial charge in [-0.25, -0.2) is 0 Å². The quantitative estimate of drug-likeness (QED) is 0.688. The maximum absolute atomic E-state index is 12.3. The number of hydrogen-bond acceptors (Lipinski definition) is 5. The summed E-state index contributed by atoms with van der Waals surface area (Å²) in [6.07, 6.45) is -3.98. The van der Waals surface area contributed by atoms with Crippen LogP contribution < -0.4 is 20.3 Å². The largest absolute Gasteiger partial charge is 0.573 e. The van der Waals surface area contributed by atoms with E-state index < -0.39 is 6.36 Å². The van der Waals surface area contributed by atoms with Crippen LogP contribution in [0.5, 0.6) is 5.75 Å². The lowest BCUT2D eigenvalue weighted by atomic mass is 10.2. The molecule has 0 spiro atoms. The van der Waals surface area contributed by atoms with Crippen molar-refractivity contribution < 1.29 is 27.4 Å². The lowest BCUT2D eigenvalue weighted by Crippen LogP contribution is -2.42. The van der Waals surface area contributed by atoms with E-state index in [-0.39, 0.29) is 24.2 Å². The molecule has 0 saturated carbocycles. The van der Waals surface area contributed by atoms with Gasteiger partial charge in [0.2, 0.25) is 5.91 Å². The first-order valence-electron chi connectivity index (χ1n) is 7.97. The van der Waals surface area contributed by atoms with Crippen LogP contribution in [-0.4, -0.2) is 58.2 Å². The van der Waals surface area contributed by atoms with Crippen LogP contribution in [0.15, 0.2) is 24.3 Å². The van der Waals surface area contributed by atoms with Gasteiger partial charge in [0.05, 0.1) is 13.2 Å². The molecule has 1 aromatic carbocycles. The first-order chi connectivity index (χ1) is 11.9. The van der Waals surface area contributed by atoms with Gasteiger partial charge in [-0.1, -0.05) is 6.07 Å². The molecule has 140 valence electrons. The van der Waals surface area contributed by atoms with Gasteiger partial charge in [0, 0.05) is 44.5 Å². The van der Waals surface area contributed by atoms with Crippen LogP contribution in [0.2, 0.25) is 0 Å². The highest BCUT2D eigenvalue weighted by Gasteiger charge is 2.31. The number of amides is 1. The maximum Gasteiger partial charge on any atom is 0.573 e. The normalized spacial score (nSPS) is 17.6. The Labute approximate surface area is 144 Å². The molecule has 1 unspecified atom stereocenters. The number of hydrogen-bond donors (Lipinski definition) is 2. The first-order valence-corrected chi connectivity index (χ1v) is 7.97. The zero-order valence-electron chi connectivity index (χ0n) is 13.9. The van der Waals surface area contributed by atoms with Crippen molar-refractivity contribution in [2.45, 2.75) is 18.8 Å². The minimum absolute atomic E-state index is 0.0380. The Morgan fingerprint density at radius 1 is 1.40 bits per heavy atom. The smallest absolute Gasteiger partial charge is 0.406 e. The molecule has 1 aliphatic rings. The second kappa shape index (κ2) is 8.91. The number of halogens is 3. The number of ether oxygens (including phenoxy) is 2. The number of methoxy groups -OCH3 is 1. The van der Waals surface area contributed by atoms with Gasteiger partial charge in [-0.3, -0.25) is 4.79 Å². The average molecular weight is 361 g/mol. The summed E-state index contributed by atoms with van der Waals surface area (Å²) >= 11 is 0. The van der Waals surface area contributed by atoms with Gasteiger partial charge >= 0.3 is 6.36 Å². The maximum atomic E-state index is 12.3. The molecule has 2 N–H and O–H groups in total. The van der Waals surface area contributed by atoms with Crippen molar-refractivity contribution in [2.75, 3.05) is 44.8 Å². The van der Waals surface area contributed by atoms with E-state index >= 15 is 0 Å². The predicted molar refractivity (Wildman–Crippen MR) is 86.6 cm³/mol. The Kier molecular flexibility index (Phi) is 6.89. The van der Waals surface area contributed by atoms with E-state index in [1.54, 1.807) is 13.2 Å². The minimum atomic E-state index is -4.71. The van der Waals surface area contributed by atoms with Gasteiger partial charge in [-0.2, -0.15) is 0 Å². The summed E-state index contributed by atoms with van der Waals surface area (Å²) in [7, 11) is 1.59. The van der Waals surface area contributed by atoms with Gasteiger partial charge < -0.3 is 25.0 Å². The Morgan fingerprint density at radius 2 is 2.20 bits per heavy atom. The highest BCUT2D eigenvalue weighted by molar-refractivity contribution is 5.78. The standard InChI is InChI=1S/C16H22F3N3O3/c1-24-8-6-20-10-15(23)21-12-5-7-22(11-12)13-3-2-4-14(9-13)25-16(17,18)19/h2-4,9,12,20H,5-8,10-11H2,1H3,(H,21,23). The fraction of sp³-hybridized carbons (Fsp3) is 0.562. The van der Waals surface area contributed by atoms with Gasteiger partial charge in [0.25, 0.3) is 0 Å². The van der Waals surface area contributed by atoms with E-state index in [2.05, 4.69) is 15.4 Å². The molecule has 0 bridgehead atoms. The number of rotatable bonds is 8. The number of nitrogens with one attached hydrogen (secondary N) is 2. The molecule has 2 rings (SSSR count). The zero-order chi connectivity index (χ0) is 18.3. The molecule has 1 aliphatic heterocycles. The van der Waals surface area contributed by atoms with Crippen molar-refractivity contribution in [2.24, 2.45) is 0 Å². The van der Waals surface area contributed by atoms with Crippen molar-refractivity contribution in [3.63, 3.8) is 0 Å². The van der Waals surface area contributed by atoms with Crippen LogP contribution in [0.3, 0.4) is 0 Å². The van der Waals surface area contributed by atoms with E-state index in [9.17, 15) is 18.0 Å². The zero-order valence-corrected chi connectivity index (χ0v) is 13.9. The minimum Gasteiger partial charge on any atom is -0.406 e. The van der Waals surface area contributed by atoms with Crippen LogP contribution in [-0.2, 0) is 9.53 Å².